The van der Waals surface area contributed by atoms with Gasteiger partial charge in [-0.25, -0.2) is 0 Å². The van der Waals surface area contributed by atoms with Gasteiger partial charge < -0.3 is 20.8 Å². The summed E-state index contributed by atoms with van der Waals surface area (Å²) < 4.78 is 0. The van der Waals surface area contributed by atoms with Gasteiger partial charge in [-0.3, -0.25) is 9.59 Å². The van der Waals surface area contributed by atoms with E-state index >= 15 is 0 Å². The van der Waals surface area contributed by atoms with E-state index in [0.29, 0.717) is 0 Å². The van der Waals surface area contributed by atoms with E-state index in [0.717, 1.165) is 6.07 Å². The van der Waals surface area contributed by atoms with E-state index in [1.54, 1.807) is 0 Å². The SMILES string of the molecule is CC(C)(C)NC(=O)CCNC(=O)c1cc(O)cc(O)c1. The minimum absolute atomic E-state index is 0.138. The lowest BCUT2D eigenvalue weighted by Crippen LogP contribution is -2.41. The first-order chi connectivity index (χ1) is 9.17. The summed E-state index contributed by atoms with van der Waals surface area (Å²) in [5.41, 5.74) is -0.170. The van der Waals surface area contributed by atoms with Gasteiger partial charge in [-0.1, -0.05) is 0 Å². The molecule has 0 aliphatic heterocycles. The van der Waals surface area contributed by atoms with Crippen molar-refractivity contribution in [2.75, 3.05) is 6.54 Å². The Morgan fingerprint density at radius 3 is 2.15 bits per heavy atom. The Morgan fingerprint density at radius 2 is 1.65 bits per heavy atom. The maximum absolute atomic E-state index is 11.8. The molecular weight excluding hydrogens is 260 g/mol. The molecule has 0 saturated heterocycles. The van der Waals surface area contributed by atoms with Gasteiger partial charge in [0.2, 0.25) is 5.91 Å². The van der Waals surface area contributed by atoms with Gasteiger partial charge in [-0.2, -0.15) is 0 Å². The molecule has 2 amide bonds. The third-order valence-corrected chi connectivity index (χ3v) is 2.32. The van der Waals surface area contributed by atoms with Crippen LogP contribution in [0.4, 0.5) is 0 Å². The Kier molecular flexibility index (Phi) is 4.96. The van der Waals surface area contributed by atoms with Gasteiger partial charge in [0, 0.05) is 30.1 Å². The number of hydrogen-bond donors (Lipinski definition) is 4. The molecule has 6 nitrogen and oxygen atoms in total. The van der Waals surface area contributed by atoms with Crippen LogP contribution in [0.15, 0.2) is 18.2 Å². The molecule has 0 heterocycles. The average molecular weight is 280 g/mol. The van der Waals surface area contributed by atoms with Crippen LogP contribution in [-0.4, -0.2) is 34.1 Å². The topological polar surface area (TPSA) is 98.7 Å². The Morgan fingerprint density at radius 1 is 1.10 bits per heavy atom. The predicted molar refractivity (Wildman–Crippen MR) is 74.6 cm³/mol. The monoisotopic (exact) mass is 280 g/mol. The second-order valence-electron chi connectivity index (χ2n) is 5.54. The summed E-state index contributed by atoms with van der Waals surface area (Å²) in [6.07, 6.45) is 0.161. The van der Waals surface area contributed by atoms with Crippen molar-refractivity contribution in [3.05, 3.63) is 23.8 Å². The van der Waals surface area contributed by atoms with E-state index in [1.807, 2.05) is 20.8 Å². The second kappa shape index (κ2) is 6.27. The summed E-state index contributed by atoms with van der Waals surface area (Å²) >= 11 is 0. The minimum Gasteiger partial charge on any atom is -0.508 e. The molecule has 0 unspecified atom stereocenters. The largest absolute Gasteiger partial charge is 0.508 e. The van der Waals surface area contributed by atoms with E-state index in [-0.39, 0.29) is 41.5 Å². The van der Waals surface area contributed by atoms with Gasteiger partial charge >= 0.3 is 0 Å². The van der Waals surface area contributed by atoms with E-state index in [4.69, 9.17) is 0 Å². The van der Waals surface area contributed by atoms with Gasteiger partial charge in [-0.05, 0) is 32.9 Å². The van der Waals surface area contributed by atoms with Crippen molar-refractivity contribution in [1.29, 1.82) is 0 Å². The summed E-state index contributed by atoms with van der Waals surface area (Å²) in [6.45, 7) is 5.80. The van der Waals surface area contributed by atoms with Crippen molar-refractivity contribution in [3.8, 4) is 11.5 Å². The number of nitrogens with one attached hydrogen (secondary N) is 2. The first kappa shape index (κ1) is 15.8. The van der Waals surface area contributed by atoms with Crippen molar-refractivity contribution in [2.24, 2.45) is 0 Å². The molecule has 0 aliphatic carbocycles. The summed E-state index contributed by atoms with van der Waals surface area (Å²) in [7, 11) is 0. The van der Waals surface area contributed by atoms with Crippen molar-refractivity contribution in [2.45, 2.75) is 32.7 Å². The fourth-order valence-electron chi connectivity index (χ4n) is 1.60. The fourth-order valence-corrected chi connectivity index (χ4v) is 1.60. The van der Waals surface area contributed by atoms with Gasteiger partial charge in [0.05, 0.1) is 0 Å². The first-order valence-electron chi connectivity index (χ1n) is 6.29. The van der Waals surface area contributed by atoms with E-state index in [9.17, 15) is 19.8 Å². The highest BCUT2D eigenvalue weighted by molar-refractivity contribution is 5.95. The molecule has 110 valence electrons. The molecule has 20 heavy (non-hydrogen) atoms. The lowest BCUT2D eigenvalue weighted by atomic mass is 10.1. The molecule has 6 heteroatoms. The van der Waals surface area contributed by atoms with Crippen molar-refractivity contribution >= 4 is 11.8 Å². The predicted octanol–water partition coefficient (Wildman–Crippen LogP) is 1.13. The van der Waals surface area contributed by atoms with Crippen LogP contribution in [0.25, 0.3) is 0 Å². The Hall–Kier alpha value is -2.24. The van der Waals surface area contributed by atoms with Crippen molar-refractivity contribution in [3.63, 3.8) is 0 Å². The van der Waals surface area contributed by atoms with Crippen LogP contribution in [0.2, 0.25) is 0 Å². The first-order valence-corrected chi connectivity index (χ1v) is 6.29. The van der Waals surface area contributed by atoms with Gasteiger partial charge in [0.1, 0.15) is 11.5 Å². The molecule has 0 saturated carbocycles. The Labute approximate surface area is 117 Å². The molecular formula is C14H20N2O4. The zero-order chi connectivity index (χ0) is 15.3. The van der Waals surface area contributed by atoms with Crippen molar-refractivity contribution < 1.29 is 19.8 Å². The average Bonchev–Trinajstić information content (AvgIpc) is 2.24. The molecule has 0 aliphatic rings. The summed E-state index contributed by atoms with van der Waals surface area (Å²) in [4.78, 5) is 23.3. The number of benzene rings is 1. The van der Waals surface area contributed by atoms with Crippen LogP contribution in [0.1, 0.15) is 37.6 Å². The van der Waals surface area contributed by atoms with E-state index in [2.05, 4.69) is 10.6 Å². The van der Waals surface area contributed by atoms with Crippen LogP contribution in [0, 0.1) is 0 Å². The molecule has 4 N–H and O–H groups in total. The standard InChI is InChI=1S/C14H20N2O4/c1-14(2,3)16-12(19)4-5-15-13(20)9-6-10(17)8-11(18)7-9/h6-8,17-18H,4-5H2,1-3H3,(H,15,20)(H,16,19). The number of hydrogen-bond acceptors (Lipinski definition) is 4. The Balaban J connectivity index is 2.46. The molecule has 0 fully saturated rings. The van der Waals surface area contributed by atoms with Crippen LogP contribution in [0.5, 0.6) is 11.5 Å². The quantitative estimate of drug-likeness (QED) is 0.664. The maximum Gasteiger partial charge on any atom is 0.251 e. The third kappa shape index (κ3) is 5.60. The molecule has 0 bridgehead atoms. The van der Waals surface area contributed by atoms with Crippen LogP contribution in [0.3, 0.4) is 0 Å². The smallest absolute Gasteiger partial charge is 0.251 e. The third-order valence-electron chi connectivity index (χ3n) is 2.32. The molecule has 1 aromatic rings. The van der Waals surface area contributed by atoms with Crippen LogP contribution >= 0.6 is 0 Å². The lowest BCUT2D eigenvalue weighted by Gasteiger charge is -2.20. The highest BCUT2D eigenvalue weighted by atomic mass is 16.3. The molecule has 0 spiro atoms. The van der Waals surface area contributed by atoms with Crippen LogP contribution in [-0.2, 0) is 4.79 Å². The van der Waals surface area contributed by atoms with Gasteiger partial charge in [0.25, 0.3) is 5.91 Å². The minimum atomic E-state index is -0.459. The summed E-state index contributed by atoms with van der Waals surface area (Å²) in [6, 6.07) is 3.61. The summed E-state index contributed by atoms with van der Waals surface area (Å²) in [5, 5.41) is 23.9. The van der Waals surface area contributed by atoms with Gasteiger partial charge in [-0.15, -0.1) is 0 Å². The van der Waals surface area contributed by atoms with Crippen molar-refractivity contribution in [1.82, 2.24) is 10.6 Å². The zero-order valence-electron chi connectivity index (χ0n) is 11.9. The molecule has 0 radical (unpaired) electrons. The highest BCUT2D eigenvalue weighted by Crippen LogP contribution is 2.20. The number of phenolic OH excluding ortho intramolecular Hbond substituents is 2. The molecule has 1 rings (SSSR count). The number of amides is 2. The molecule has 1 aromatic carbocycles. The lowest BCUT2D eigenvalue weighted by molar-refractivity contribution is -0.122. The number of carbonyl (C=O) groups excluding carboxylic acids is 2. The number of aromatic hydroxyl groups is 2. The maximum atomic E-state index is 11.8. The summed E-state index contributed by atoms with van der Waals surface area (Å²) in [5.74, 6) is -1.00. The number of carbonyl (C=O) groups is 2. The molecule has 0 aromatic heterocycles. The zero-order valence-corrected chi connectivity index (χ0v) is 11.9. The van der Waals surface area contributed by atoms with Crippen LogP contribution < -0.4 is 10.6 Å². The molecule has 0 atom stereocenters. The number of phenols is 2. The normalized spacial score (nSPS) is 10.9. The second-order valence-corrected chi connectivity index (χ2v) is 5.54. The Bertz CT molecular complexity index is 486. The van der Waals surface area contributed by atoms with E-state index < -0.39 is 5.91 Å². The number of rotatable bonds is 4. The van der Waals surface area contributed by atoms with E-state index in [1.165, 1.54) is 12.1 Å². The van der Waals surface area contributed by atoms with Gasteiger partial charge in [0.15, 0.2) is 0 Å². The highest BCUT2D eigenvalue weighted by Gasteiger charge is 2.14. The fraction of sp³-hybridized carbons (Fsp3) is 0.429.